The van der Waals surface area contributed by atoms with E-state index in [1.807, 2.05) is 6.07 Å². The van der Waals surface area contributed by atoms with Gasteiger partial charge in [0, 0.05) is 66.3 Å². The summed E-state index contributed by atoms with van der Waals surface area (Å²) in [5, 5.41) is 11.7. The van der Waals surface area contributed by atoms with Gasteiger partial charge < -0.3 is 25.9 Å². The molecule has 7 N–H and O–H groups in total. The molecule has 0 amide bonds. The molecule has 1 fully saturated rings. The lowest BCUT2D eigenvalue weighted by Crippen LogP contribution is -2.46. The summed E-state index contributed by atoms with van der Waals surface area (Å²) in [4.78, 5) is 6.09. The maximum absolute atomic E-state index is 14.4. The van der Waals surface area contributed by atoms with Crippen molar-refractivity contribution in [2.45, 2.75) is 12.6 Å². The number of nitrogens with two attached hydrogens (primary N) is 2. The van der Waals surface area contributed by atoms with E-state index in [1.165, 1.54) is 13.2 Å². The number of hydrogen-bond acceptors (Lipinski definition) is 9. The Bertz CT molecular complexity index is 1240. The number of hydrazine groups is 1. The number of hydrogen-bond donors (Lipinski definition) is 5. The number of anilines is 2. The molecule has 0 spiro atoms. The van der Waals surface area contributed by atoms with E-state index in [2.05, 4.69) is 20.6 Å². The molecule has 188 valence electrons. The number of aromatic nitrogens is 1. The second kappa shape index (κ2) is 11.6. The van der Waals surface area contributed by atoms with Gasteiger partial charge in [0.15, 0.2) is 0 Å². The summed E-state index contributed by atoms with van der Waals surface area (Å²) < 4.78 is 25.7. The number of rotatable bonds is 9. The summed E-state index contributed by atoms with van der Waals surface area (Å²) in [7, 11) is 1.53. The number of methoxy groups -OCH3 is 1. The zero-order valence-corrected chi connectivity index (χ0v) is 20.0. The van der Waals surface area contributed by atoms with Crippen LogP contribution in [0.5, 0.6) is 5.75 Å². The van der Waals surface area contributed by atoms with Crippen molar-refractivity contribution >= 4 is 17.1 Å². The van der Waals surface area contributed by atoms with Gasteiger partial charge in [-0.2, -0.15) is 0 Å². The summed E-state index contributed by atoms with van der Waals surface area (Å²) in [5.41, 5.74) is 12.8. The Morgan fingerprint density at radius 3 is 2.83 bits per heavy atom. The molecule has 9 nitrogen and oxygen atoms in total. The molecule has 2 aromatic carbocycles. The maximum Gasteiger partial charge on any atom is 0.131 e. The number of nitrogen functional groups attached to an aromatic ring is 1. The summed E-state index contributed by atoms with van der Waals surface area (Å²) in [6.07, 6.45) is 4.65. The van der Waals surface area contributed by atoms with Gasteiger partial charge in [0.2, 0.25) is 0 Å². The largest absolute Gasteiger partial charge is 0.496 e. The molecule has 0 radical (unpaired) electrons. The molecule has 0 bridgehead atoms. The highest BCUT2D eigenvalue weighted by molar-refractivity contribution is 6.14. The van der Waals surface area contributed by atoms with Gasteiger partial charge in [-0.05, 0) is 42.5 Å². The lowest BCUT2D eigenvalue weighted by Gasteiger charge is -2.34. The number of nitrogens with zero attached hydrogens (tertiary/aromatic N) is 2. The van der Waals surface area contributed by atoms with Gasteiger partial charge in [-0.1, -0.05) is 6.07 Å². The number of pyridine rings is 1. The first-order valence-electron chi connectivity index (χ1n) is 11.5. The predicted molar refractivity (Wildman–Crippen MR) is 138 cm³/mol. The fraction of sp³-hybridized carbons (Fsp3) is 0.231. The molecule has 4 rings (SSSR count). The van der Waals surface area contributed by atoms with Gasteiger partial charge in [0.1, 0.15) is 17.7 Å². The fourth-order valence-electron chi connectivity index (χ4n) is 4.07. The van der Waals surface area contributed by atoms with E-state index < -0.39 is 0 Å². The van der Waals surface area contributed by atoms with Crippen LogP contribution in [-0.4, -0.2) is 48.5 Å². The van der Waals surface area contributed by atoms with E-state index in [-0.39, 0.29) is 11.9 Å². The average molecular weight is 492 g/mol. The van der Waals surface area contributed by atoms with Crippen LogP contribution in [0.4, 0.5) is 15.8 Å². The highest BCUT2D eigenvalue weighted by Gasteiger charge is 2.25. The Balaban J connectivity index is 1.47. The zero-order valence-electron chi connectivity index (χ0n) is 20.0. The molecule has 2 heterocycles. The topological polar surface area (TPSA) is 135 Å². The molecule has 1 saturated heterocycles. The first-order valence-corrected chi connectivity index (χ1v) is 11.5. The molecular weight excluding hydrogens is 461 g/mol. The number of halogens is 1. The molecule has 36 heavy (non-hydrogen) atoms. The third kappa shape index (κ3) is 5.80. The van der Waals surface area contributed by atoms with Gasteiger partial charge in [0.25, 0.3) is 0 Å². The normalized spacial score (nSPS) is 16.4. The molecule has 1 unspecified atom stereocenters. The van der Waals surface area contributed by atoms with Crippen molar-refractivity contribution in [1.29, 1.82) is 5.41 Å². The quantitative estimate of drug-likeness (QED) is 0.134. The molecule has 0 saturated carbocycles. The van der Waals surface area contributed by atoms with E-state index in [1.54, 1.807) is 55.0 Å². The first-order chi connectivity index (χ1) is 17.5. The van der Waals surface area contributed by atoms with Crippen molar-refractivity contribution in [2.24, 2.45) is 5.84 Å². The average Bonchev–Trinajstić information content (AvgIpc) is 2.91. The Kier molecular flexibility index (Phi) is 8.11. The van der Waals surface area contributed by atoms with E-state index in [4.69, 9.17) is 26.5 Å². The van der Waals surface area contributed by atoms with Crippen LogP contribution in [0.25, 0.3) is 0 Å². The molecule has 1 aliphatic heterocycles. The number of nitrogens with one attached hydrogen (secondary N) is 3. The van der Waals surface area contributed by atoms with E-state index >= 15 is 0 Å². The standard InChI is InChI=1S/C26H30FN7O2/c1-35-24-4-2-3-21(27)20(24)15-34-11-12-36-25(16-34)23(33-30)14-32-18-5-6-22(28)19(13-18)26(29)17-7-9-31-10-8-17/h2-10,13-14,25,29,32-33H,11-12,15-16,28,30H2,1H3/b23-14-,29-26?. The minimum atomic E-state index is -0.350. The van der Waals surface area contributed by atoms with Crippen LogP contribution in [0.3, 0.4) is 0 Å². The fourth-order valence-corrected chi connectivity index (χ4v) is 4.07. The van der Waals surface area contributed by atoms with Crippen LogP contribution < -0.4 is 27.1 Å². The molecule has 10 heteroatoms. The van der Waals surface area contributed by atoms with Crippen molar-refractivity contribution in [2.75, 3.05) is 37.9 Å². The molecule has 1 aromatic heterocycles. The van der Waals surface area contributed by atoms with Crippen molar-refractivity contribution in [1.82, 2.24) is 15.3 Å². The Labute approximate surface area is 209 Å². The zero-order chi connectivity index (χ0) is 25.5. The predicted octanol–water partition coefficient (Wildman–Crippen LogP) is 2.85. The molecule has 0 aliphatic carbocycles. The van der Waals surface area contributed by atoms with Crippen LogP contribution in [0, 0.1) is 11.2 Å². The van der Waals surface area contributed by atoms with E-state index in [9.17, 15) is 4.39 Å². The van der Waals surface area contributed by atoms with Crippen molar-refractivity contribution in [3.63, 3.8) is 0 Å². The van der Waals surface area contributed by atoms with Crippen LogP contribution in [0.2, 0.25) is 0 Å². The van der Waals surface area contributed by atoms with Crippen molar-refractivity contribution in [3.8, 4) is 5.75 Å². The van der Waals surface area contributed by atoms with Crippen LogP contribution in [0.1, 0.15) is 16.7 Å². The number of morpholine rings is 1. The number of benzene rings is 2. The lowest BCUT2D eigenvalue weighted by atomic mass is 10.0. The molecular formula is C26H30FN7O2. The second-order valence-electron chi connectivity index (χ2n) is 8.32. The first kappa shape index (κ1) is 25.1. The Morgan fingerprint density at radius 1 is 1.28 bits per heavy atom. The van der Waals surface area contributed by atoms with Crippen molar-refractivity contribution < 1.29 is 13.9 Å². The van der Waals surface area contributed by atoms with Gasteiger partial charge >= 0.3 is 0 Å². The maximum atomic E-state index is 14.4. The third-order valence-corrected chi connectivity index (χ3v) is 6.03. The second-order valence-corrected chi connectivity index (χ2v) is 8.32. The van der Waals surface area contributed by atoms with Crippen LogP contribution in [-0.2, 0) is 11.3 Å². The van der Waals surface area contributed by atoms with Crippen LogP contribution >= 0.6 is 0 Å². The lowest BCUT2D eigenvalue weighted by molar-refractivity contribution is -0.0158. The van der Waals surface area contributed by atoms with E-state index in [0.29, 0.717) is 60.2 Å². The van der Waals surface area contributed by atoms with Gasteiger partial charge in [0.05, 0.1) is 25.1 Å². The Morgan fingerprint density at radius 2 is 2.08 bits per heavy atom. The SMILES string of the molecule is COc1cccc(F)c1CN1CCOC(/C(=C/Nc2ccc(N)c(C(=N)c3ccncc3)c2)NN)C1. The minimum Gasteiger partial charge on any atom is -0.496 e. The highest BCUT2D eigenvalue weighted by atomic mass is 19.1. The van der Waals surface area contributed by atoms with Crippen LogP contribution in [0.15, 0.2) is 72.8 Å². The van der Waals surface area contributed by atoms with Gasteiger partial charge in [-0.3, -0.25) is 21.1 Å². The summed E-state index contributed by atoms with van der Waals surface area (Å²) >= 11 is 0. The molecule has 3 aromatic rings. The summed E-state index contributed by atoms with van der Waals surface area (Å²) in [5.74, 6) is 6.03. The third-order valence-electron chi connectivity index (χ3n) is 6.03. The number of ether oxygens (including phenoxy) is 2. The molecule has 1 atom stereocenters. The van der Waals surface area contributed by atoms with E-state index in [0.717, 1.165) is 11.3 Å². The van der Waals surface area contributed by atoms with Gasteiger partial charge in [-0.15, -0.1) is 0 Å². The monoisotopic (exact) mass is 491 g/mol. The van der Waals surface area contributed by atoms with Gasteiger partial charge in [-0.25, -0.2) is 4.39 Å². The Hall–Kier alpha value is -3.99. The summed E-state index contributed by atoms with van der Waals surface area (Å²) in [6.45, 7) is 2.02. The minimum absolute atomic E-state index is 0.300. The molecule has 1 aliphatic rings. The summed E-state index contributed by atoms with van der Waals surface area (Å²) in [6, 6.07) is 13.7. The smallest absolute Gasteiger partial charge is 0.131 e. The highest BCUT2D eigenvalue weighted by Crippen LogP contribution is 2.25. The van der Waals surface area contributed by atoms with Crippen molar-refractivity contribution in [3.05, 3.63) is 95.3 Å².